The third-order valence-corrected chi connectivity index (χ3v) is 9.47. The zero-order valence-corrected chi connectivity index (χ0v) is 38.6. The number of ether oxygens (including phenoxy) is 13. The van der Waals surface area contributed by atoms with Crippen LogP contribution in [0.1, 0.15) is 76.2 Å². The fourth-order valence-corrected chi connectivity index (χ4v) is 7.34. The standard InChI is InChI=1S/C40H57N3O24/c1-15(44)41-29-36(60-23(9)52)33(27(13-56-19(5)48)63-38(29)62-25(11)54)66-40-31(43-17(3)46)37(61-24(10)53)34(28(65-40)14-57-20(6)49)67-39-30(42-16(2)45)35(59-22(8)51)32(58-21(7)50)26(64-39)12-55-18(4)47/h26-40H,12-14H2,1-11H3,(H,41,44)(H,42,45)(H,43,46)/t26-,27-,28-,29+,30-,31-,32-,33-,34-,35-,36-,37-,38?,39+,40+/m1/s1. The maximum absolute atomic E-state index is 13.0. The first kappa shape index (κ1) is 55.3. The van der Waals surface area contributed by atoms with Crippen molar-refractivity contribution in [1.82, 2.24) is 16.0 Å². The van der Waals surface area contributed by atoms with Gasteiger partial charge in [-0.25, -0.2) is 0 Å². The second-order valence-corrected chi connectivity index (χ2v) is 15.3. The molecule has 3 saturated heterocycles. The molecule has 3 fully saturated rings. The molecule has 0 aromatic rings. The van der Waals surface area contributed by atoms with Crippen molar-refractivity contribution < 1.29 is 114 Å². The number of carbonyl (C=O) groups excluding carboxylic acids is 11. The second-order valence-electron chi connectivity index (χ2n) is 15.3. The van der Waals surface area contributed by atoms with E-state index in [1.807, 2.05) is 0 Å². The van der Waals surface area contributed by atoms with Crippen molar-refractivity contribution in [3.63, 3.8) is 0 Å². The second kappa shape index (κ2) is 25.2. The van der Waals surface area contributed by atoms with Gasteiger partial charge in [0, 0.05) is 76.2 Å². The summed E-state index contributed by atoms with van der Waals surface area (Å²) in [5.74, 6) is -9.50. The molecule has 15 atom stereocenters. The fraction of sp³-hybridized carbons (Fsp3) is 0.725. The highest BCUT2D eigenvalue weighted by Gasteiger charge is 2.58. The lowest BCUT2D eigenvalue weighted by Gasteiger charge is -2.51. The molecule has 3 aliphatic heterocycles. The number of carbonyl (C=O) groups is 11. The van der Waals surface area contributed by atoms with E-state index >= 15 is 0 Å². The summed E-state index contributed by atoms with van der Waals surface area (Å²) in [6.07, 6.45) is -20.3. The Labute approximate surface area is 383 Å². The fourth-order valence-electron chi connectivity index (χ4n) is 7.34. The van der Waals surface area contributed by atoms with Crippen LogP contribution >= 0.6 is 0 Å². The van der Waals surface area contributed by atoms with Crippen LogP contribution < -0.4 is 16.0 Å². The summed E-state index contributed by atoms with van der Waals surface area (Å²) in [7, 11) is 0. The molecule has 27 heteroatoms. The number of amides is 3. The average molecular weight is 964 g/mol. The normalized spacial score (nSPS) is 31.2. The van der Waals surface area contributed by atoms with Gasteiger partial charge >= 0.3 is 47.8 Å². The first-order chi connectivity index (χ1) is 31.3. The van der Waals surface area contributed by atoms with Crippen molar-refractivity contribution in [1.29, 1.82) is 0 Å². The highest BCUT2D eigenvalue weighted by atomic mass is 16.8. The number of hydrogen-bond acceptors (Lipinski definition) is 24. The molecule has 3 amide bonds. The van der Waals surface area contributed by atoms with Gasteiger partial charge in [-0.1, -0.05) is 0 Å². The van der Waals surface area contributed by atoms with Crippen LogP contribution in [0.5, 0.6) is 0 Å². The van der Waals surface area contributed by atoms with Crippen LogP contribution in [-0.2, 0) is 114 Å². The van der Waals surface area contributed by atoms with Crippen molar-refractivity contribution >= 4 is 65.5 Å². The van der Waals surface area contributed by atoms with Gasteiger partial charge in [-0.15, -0.1) is 0 Å². The van der Waals surface area contributed by atoms with Crippen LogP contribution in [0.2, 0.25) is 0 Å². The Morgan fingerprint density at radius 1 is 0.328 bits per heavy atom. The van der Waals surface area contributed by atoms with E-state index in [0.717, 1.165) is 76.2 Å². The van der Waals surface area contributed by atoms with E-state index in [1.165, 1.54) is 0 Å². The number of esters is 8. The lowest BCUT2D eigenvalue weighted by Crippen LogP contribution is -2.72. The van der Waals surface area contributed by atoms with E-state index in [9.17, 15) is 52.7 Å². The molecule has 3 heterocycles. The zero-order valence-electron chi connectivity index (χ0n) is 38.6. The minimum Gasteiger partial charge on any atom is -0.463 e. The maximum atomic E-state index is 13.0. The molecule has 0 aromatic carbocycles. The molecule has 0 aromatic heterocycles. The molecule has 67 heavy (non-hydrogen) atoms. The van der Waals surface area contributed by atoms with Crippen LogP contribution in [0, 0.1) is 0 Å². The van der Waals surface area contributed by atoms with E-state index < -0.39 is 177 Å². The number of rotatable bonds is 18. The summed E-state index contributed by atoms with van der Waals surface area (Å²) in [6.45, 7) is 9.36. The maximum Gasteiger partial charge on any atom is 0.305 e. The molecule has 0 saturated carbocycles. The molecule has 1 unspecified atom stereocenters. The van der Waals surface area contributed by atoms with Gasteiger partial charge in [0.25, 0.3) is 0 Å². The van der Waals surface area contributed by atoms with Gasteiger partial charge in [-0.2, -0.15) is 0 Å². The Kier molecular flexibility index (Phi) is 20.8. The Balaban J connectivity index is 2.31. The van der Waals surface area contributed by atoms with Crippen LogP contribution in [0.15, 0.2) is 0 Å². The molecule has 3 aliphatic rings. The number of hydrogen-bond donors (Lipinski definition) is 3. The molecular weight excluding hydrogens is 906 g/mol. The zero-order chi connectivity index (χ0) is 50.4. The predicted molar refractivity (Wildman–Crippen MR) is 212 cm³/mol. The molecule has 0 radical (unpaired) electrons. The SMILES string of the molecule is CC(=O)N[C@H]1[C@H](O[C@H]2[C@H](OC(C)=O)[C@@H](NC(C)=O)[C@H](O[C@H]3[C@H](OC(C)=O)[C@H](NC(C)=O)C(OC(C)=O)O[C@@H]3COC(C)=O)O[C@@H]2COC(C)=O)O[C@H](COC(C)=O)[C@@H](OC(C)=O)[C@@H]1OC(C)=O. The summed E-state index contributed by atoms with van der Waals surface area (Å²) in [6, 6.07) is -4.82. The van der Waals surface area contributed by atoms with Gasteiger partial charge in [0.2, 0.25) is 24.0 Å². The molecule has 376 valence electrons. The first-order valence-electron chi connectivity index (χ1n) is 20.6. The summed E-state index contributed by atoms with van der Waals surface area (Å²) in [5, 5.41) is 7.57. The molecule has 0 bridgehead atoms. The summed E-state index contributed by atoms with van der Waals surface area (Å²) < 4.78 is 74.9. The van der Waals surface area contributed by atoms with Crippen molar-refractivity contribution in [3.8, 4) is 0 Å². The van der Waals surface area contributed by atoms with Gasteiger partial charge in [0.15, 0.2) is 37.0 Å². The quantitative estimate of drug-likeness (QED) is 0.0938. The van der Waals surface area contributed by atoms with Crippen molar-refractivity contribution in [2.75, 3.05) is 19.8 Å². The molecule has 0 aliphatic carbocycles. The smallest absolute Gasteiger partial charge is 0.305 e. The largest absolute Gasteiger partial charge is 0.463 e. The molecule has 0 spiro atoms. The van der Waals surface area contributed by atoms with E-state index in [4.69, 9.17) is 61.6 Å². The van der Waals surface area contributed by atoms with Gasteiger partial charge in [-0.05, 0) is 0 Å². The van der Waals surface area contributed by atoms with Crippen LogP contribution in [0.25, 0.3) is 0 Å². The van der Waals surface area contributed by atoms with Gasteiger partial charge in [0.1, 0.15) is 68.5 Å². The third kappa shape index (κ3) is 17.0. The highest BCUT2D eigenvalue weighted by Crippen LogP contribution is 2.36. The van der Waals surface area contributed by atoms with E-state index in [-0.39, 0.29) is 0 Å². The monoisotopic (exact) mass is 963 g/mol. The molecule has 3 N–H and O–H groups in total. The Morgan fingerprint density at radius 3 is 0.866 bits per heavy atom. The van der Waals surface area contributed by atoms with E-state index in [0.29, 0.717) is 0 Å². The average Bonchev–Trinajstić information content (AvgIpc) is 3.17. The van der Waals surface area contributed by atoms with E-state index in [2.05, 4.69) is 16.0 Å². The molecule has 3 rings (SSSR count). The predicted octanol–water partition coefficient (Wildman–Crippen LogP) is -2.58. The first-order valence-corrected chi connectivity index (χ1v) is 20.6. The Bertz CT molecular complexity index is 1860. The van der Waals surface area contributed by atoms with Crippen LogP contribution in [0.3, 0.4) is 0 Å². The van der Waals surface area contributed by atoms with Gasteiger partial charge < -0.3 is 77.5 Å². The van der Waals surface area contributed by atoms with Crippen LogP contribution in [0.4, 0.5) is 0 Å². The topological polar surface area (TPSA) is 344 Å². The Hall–Kier alpha value is -6.03. The molecular formula is C40H57N3O24. The number of nitrogens with one attached hydrogen (secondary N) is 3. The van der Waals surface area contributed by atoms with Gasteiger partial charge in [0.05, 0.1) is 0 Å². The van der Waals surface area contributed by atoms with Crippen molar-refractivity contribution in [3.05, 3.63) is 0 Å². The van der Waals surface area contributed by atoms with Gasteiger partial charge in [-0.3, -0.25) is 52.7 Å². The minimum absolute atomic E-state index is 0.646. The lowest BCUT2D eigenvalue weighted by atomic mass is 9.93. The van der Waals surface area contributed by atoms with E-state index in [1.54, 1.807) is 0 Å². The third-order valence-electron chi connectivity index (χ3n) is 9.47. The highest BCUT2D eigenvalue weighted by molar-refractivity contribution is 5.75. The summed E-state index contributed by atoms with van der Waals surface area (Å²) >= 11 is 0. The van der Waals surface area contributed by atoms with Crippen molar-refractivity contribution in [2.45, 2.75) is 168 Å². The van der Waals surface area contributed by atoms with Crippen LogP contribution in [-0.4, -0.2) is 177 Å². The Morgan fingerprint density at radius 2 is 0.582 bits per heavy atom. The minimum atomic E-state index is -1.90. The summed E-state index contributed by atoms with van der Waals surface area (Å²) in [4.78, 5) is 138. The lowest BCUT2D eigenvalue weighted by molar-refractivity contribution is -0.352. The summed E-state index contributed by atoms with van der Waals surface area (Å²) in [5.41, 5.74) is 0. The molecule has 27 nitrogen and oxygen atoms in total. The van der Waals surface area contributed by atoms with Crippen molar-refractivity contribution in [2.24, 2.45) is 0 Å².